The number of ether oxygens (including phenoxy) is 1. The smallest absolute Gasteiger partial charge is 0.314 e. The SMILES string of the molecule is CCOC(=O)[C@]1(Cc2ccc(F)cc2F)CCCN(C(=O)C2CCN(C(C)=O)CC2)C1. The van der Waals surface area contributed by atoms with E-state index < -0.39 is 23.0 Å². The second-order valence-electron chi connectivity index (χ2n) is 8.56. The average Bonchev–Trinajstić information content (AvgIpc) is 2.75. The van der Waals surface area contributed by atoms with Gasteiger partial charge in [-0.1, -0.05) is 6.07 Å². The number of benzene rings is 1. The molecule has 2 aliphatic heterocycles. The number of halogens is 2. The number of carbonyl (C=O) groups excluding carboxylic acids is 3. The topological polar surface area (TPSA) is 66.9 Å². The minimum Gasteiger partial charge on any atom is -0.466 e. The molecule has 1 atom stereocenters. The first-order valence-electron chi connectivity index (χ1n) is 10.9. The second kappa shape index (κ2) is 9.75. The minimum atomic E-state index is -1.07. The first-order valence-corrected chi connectivity index (χ1v) is 10.9. The summed E-state index contributed by atoms with van der Waals surface area (Å²) < 4.78 is 33.0. The van der Waals surface area contributed by atoms with Crippen molar-refractivity contribution >= 4 is 17.8 Å². The monoisotopic (exact) mass is 436 g/mol. The summed E-state index contributed by atoms with van der Waals surface area (Å²) >= 11 is 0. The molecular weight excluding hydrogens is 406 g/mol. The van der Waals surface area contributed by atoms with Gasteiger partial charge in [0.2, 0.25) is 11.8 Å². The minimum absolute atomic E-state index is 0.00604. The summed E-state index contributed by atoms with van der Waals surface area (Å²) in [6.07, 6.45) is 2.29. The van der Waals surface area contributed by atoms with E-state index in [1.807, 2.05) is 0 Å². The predicted molar refractivity (Wildman–Crippen MR) is 110 cm³/mol. The second-order valence-corrected chi connectivity index (χ2v) is 8.56. The van der Waals surface area contributed by atoms with Gasteiger partial charge in [0.05, 0.1) is 12.0 Å². The van der Waals surface area contributed by atoms with E-state index in [9.17, 15) is 23.2 Å². The summed E-state index contributed by atoms with van der Waals surface area (Å²) in [5.41, 5.74) is -0.832. The molecule has 0 radical (unpaired) electrons. The van der Waals surface area contributed by atoms with Crippen LogP contribution in [0.3, 0.4) is 0 Å². The van der Waals surface area contributed by atoms with E-state index in [2.05, 4.69) is 0 Å². The van der Waals surface area contributed by atoms with Crippen molar-refractivity contribution in [3.05, 3.63) is 35.4 Å². The quantitative estimate of drug-likeness (QED) is 0.666. The third kappa shape index (κ3) is 5.22. The summed E-state index contributed by atoms with van der Waals surface area (Å²) in [4.78, 5) is 41.1. The first-order chi connectivity index (χ1) is 14.8. The van der Waals surface area contributed by atoms with E-state index in [-0.39, 0.29) is 42.9 Å². The molecule has 1 aromatic carbocycles. The maximum absolute atomic E-state index is 14.4. The Hall–Kier alpha value is -2.51. The van der Waals surface area contributed by atoms with E-state index in [0.717, 1.165) is 6.07 Å². The number of piperidine rings is 2. The molecule has 0 aromatic heterocycles. The fourth-order valence-corrected chi connectivity index (χ4v) is 4.72. The fourth-order valence-electron chi connectivity index (χ4n) is 4.72. The van der Waals surface area contributed by atoms with Gasteiger partial charge in [0.15, 0.2) is 0 Å². The molecule has 0 N–H and O–H groups in total. The maximum atomic E-state index is 14.4. The zero-order valence-electron chi connectivity index (χ0n) is 18.2. The van der Waals surface area contributed by atoms with Crippen LogP contribution in [0, 0.1) is 23.0 Å². The molecule has 2 amide bonds. The summed E-state index contributed by atoms with van der Waals surface area (Å²) in [7, 11) is 0. The van der Waals surface area contributed by atoms with Gasteiger partial charge < -0.3 is 14.5 Å². The van der Waals surface area contributed by atoms with Gasteiger partial charge in [0, 0.05) is 45.1 Å². The number of likely N-dealkylation sites (tertiary alicyclic amines) is 2. The Morgan fingerprint density at radius 3 is 2.45 bits per heavy atom. The molecule has 0 saturated carbocycles. The Morgan fingerprint density at radius 1 is 1.13 bits per heavy atom. The summed E-state index contributed by atoms with van der Waals surface area (Å²) in [5.74, 6) is -2.06. The summed E-state index contributed by atoms with van der Waals surface area (Å²) in [5, 5.41) is 0. The lowest BCUT2D eigenvalue weighted by atomic mass is 9.74. The molecule has 2 heterocycles. The Balaban J connectivity index is 1.78. The largest absolute Gasteiger partial charge is 0.466 e. The van der Waals surface area contributed by atoms with Crippen molar-refractivity contribution in [2.24, 2.45) is 11.3 Å². The molecule has 3 rings (SSSR count). The van der Waals surface area contributed by atoms with E-state index in [1.54, 1.807) is 16.7 Å². The van der Waals surface area contributed by atoms with E-state index >= 15 is 0 Å². The Bertz CT molecular complexity index is 839. The maximum Gasteiger partial charge on any atom is 0.314 e. The van der Waals surface area contributed by atoms with Gasteiger partial charge in [-0.25, -0.2) is 8.78 Å². The normalized spacial score (nSPS) is 22.3. The van der Waals surface area contributed by atoms with E-state index in [4.69, 9.17) is 4.74 Å². The summed E-state index contributed by atoms with van der Waals surface area (Å²) in [6.45, 7) is 5.18. The highest BCUT2D eigenvalue weighted by atomic mass is 19.1. The molecule has 0 unspecified atom stereocenters. The van der Waals surface area contributed by atoms with Gasteiger partial charge in [0.1, 0.15) is 11.6 Å². The van der Waals surface area contributed by atoms with Gasteiger partial charge in [-0.15, -0.1) is 0 Å². The van der Waals surface area contributed by atoms with Crippen molar-refractivity contribution in [2.75, 3.05) is 32.8 Å². The number of hydrogen-bond donors (Lipinski definition) is 0. The Kier molecular flexibility index (Phi) is 7.28. The van der Waals surface area contributed by atoms with Gasteiger partial charge in [0.25, 0.3) is 0 Å². The lowest BCUT2D eigenvalue weighted by Crippen LogP contribution is -2.54. The van der Waals surface area contributed by atoms with Crippen LogP contribution in [0.2, 0.25) is 0 Å². The number of rotatable bonds is 5. The van der Waals surface area contributed by atoms with Crippen LogP contribution in [-0.4, -0.2) is 60.4 Å². The van der Waals surface area contributed by atoms with Gasteiger partial charge in [-0.3, -0.25) is 14.4 Å². The van der Waals surface area contributed by atoms with E-state index in [0.29, 0.717) is 45.3 Å². The predicted octanol–water partition coefficient (Wildman–Crippen LogP) is 2.94. The van der Waals surface area contributed by atoms with E-state index in [1.165, 1.54) is 19.1 Å². The van der Waals surface area contributed by atoms with Gasteiger partial charge >= 0.3 is 5.97 Å². The molecule has 0 spiro atoms. The van der Waals surface area contributed by atoms with Crippen LogP contribution in [-0.2, 0) is 25.5 Å². The first kappa shape index (κ1) is 23.2. The molecule has 170 valence electrons. The number of carbonyl (C=O) groups is 3. The van der Waals surface area contributed by atoms with Crippen LogP contribution in [0.15, 0.2) is 18.2 Å². The standard InChI is InChI=1S/C23H30F2N2O4/c1-3-31-22(30)23(14-18-5-6-19(24)13-20(18)25)9-4-10-27(15-23)21(29)17-7-11-26(12-8-17)16(2)28/h5-6,13,17H,3-4,7-12,14-15H2,1-2H3/t23-/m0/s1. The van der Waals surface area contributed by atoms with Gasteiger partial charge in [-0.05, 0) is 50.7 Å². The Morgan fingerprint density at radius 2 is 1.84 bits per heavy atom. The third-order valence-corrected chi connectivity index (χ3v) is 6.43. The molecule has 2 fully saturated rings. The molecule has 2 saturated heterocycles. The molecule has 1 aromatic rings. The number of esters is 1. The van der Waals surface area contributed by atoms with Crippen LogP contribution in [0.25, 0.3) is 0 Å². The average molecular weight is 436 g/mol. The Labute approximate surface area is 181 Å². The molecule has 2 aliphatic rings. The number of amides is 2. The van der Waals surface area contributed by atoms with Crippen LogP contribution >= 0.6 is 0 Å². The molecular formula is C23H30F2N2O4. The van der Waals surface area contributed by atoms with Crippen molar-refractivity contribution in [3.8, 4) is 0 Å². The van der Waals surface area contributed by atoms with Crippen LogP contribution in [0.1, 0.15) is 45.1 Å². The zero-order valence-corrected chi connectivity index (χ0v) is 18.2. The van der Waals surface area contributed by atoms with Crippen molar-refractivity contribution in [3.63, 3.8) is 0 Å². The molecule has 0 bridgehead atoms. The van der Waals surface area contributed by atoms with Crippen molar-refractivity contribution in [1.82, 2.24) is 9.80 Å². The zero-order chi connectivity index (χ0) is 22.6. The number of nitrogens with zero attached hydrogens (tertiary/aromatic N) is 2. The highest BCUT2D eigenvalue weighted by Gasteiger charge is 2.46. The molecule has 6 nitrogen and oxygen atoms in total. The fraction of sp³-hybridized carbons (Fsp3) is 0.609. The third-order valence-electron chi connectivity index (χ3n) is 6.43. The lowest BCUT2D eigenvalue weighted by Gasteiger charge is -2.43. The highest BCUT2D eigenvalue weighted by molar-refractivity contribution is 5.82. The molecule has 0 aliphatic carbocycles. The van der Waals surface area contributed by atoms with Crippen molar-refractivity contribution < 1.29 is 27.9 Å². The van der Waals surface area contributed by atoms with Crippen molar-refractivity contribution in [1.29, 1.82) is 0 Å². The summed E-state index contributed by atoms with van der Waals surface area (Å²) in [6, 6.07) is 3.33. The van der Waals surface area contributed by atoms with Crippen molar-refractivity contribution in [2.45, 2.75) is 46.0 Å². The number of hydrogen-bond acceptors (Lipinski definition) is 4. The van der Waals surface area contributed by atoms with Crippen LogP contribution in [0.5, 0.6) is 0 Å². The molecule has 8 heteroatoms. The van der Waals surface area contributed by atoms with Crippen LogP contribution in [0.4, 0.5) is 8.78 Å². The highest BCUT2D eigenvalue weighted by Crippen LogP contribution is 2.37. The van der Waals surface area contributed by atoms with Gasteiger partial charge in [-0.2, -0.15) is 0 Å². The lowest BCUT2D eigenvalue weighted by molar-refractivity contribution is -0.162. The van der Waals surface area contributed by atoms with Crippen LogP contribution < -0.4 is 0 Å². The molecule has 31 heavy (non-hydrogen) atoms.